The van der Waals surface area contributed by atoms with Crippen LogP contribution < -0.4 is 14.2 Å². The first-order valence-electron chi connectivity index (χ1n) is 5.65. The molecule has 18 heavy (non-hydrogen) atoms. The molecule has 0 amide bonds. The largest absolute Gasteiger partial charge is 0.493 e. The van der Waals surface area contributed by atoms with Gasteiger partial charge >= 0.3 is 0 Å². The predicted octanol–water partition coefficient (Wildman–Crippen LogP) is 3.98. The summed E-state index contributed by atoms with van der Waals surface area (Å²) in [4.78, 5) is 0. The first-order valence-corrected chi connectivity index (χ1v) is 6.45. The van der Waals surface area contributed by atoms with Crippen molar-refractivity contribution in [1.82, 2.24) is 0 Å². The number of rotatable bonds is 5. The molecule has 0 saturated heterocycles. The maximum absolute atomic E-state index is 5.46. The third kappa shape index (κ3) is 3.19. The molecule has 1 aromatic rings. The van der Waals surface area contributed by atoms with Gasteiger partial charge in [0.2, 0.25) is 5.75 Å². The minimum Gasteiger partial charge on any atom is -0.493 e. The molecule has 0 aliphatic heterocycles. The average Bonchev–Trinajstić information content (AvgIpc) is 2.35. The monoisotopic (exact) mass is 314 g/mol. The zero-order chi connectivity index (χ0) is 13.7. The standard InChI is InChI=1S/C14H19BrO3/c1-9(2)6-7-10-11(15)8-12(16-3)14(18-5)13(10)17-4/h6,8H,7H2,1-5H3. The molecule has 0 radical (unpaired) electrons. The summed E-state index contributed by atoms with van der Waals surface area (Å²) in [6.45, 7) is 4.14. The zero-order valence-electron chi connectivity index (χ0n) is 11.5. The van der Waals surface area contributed by atoms with E-state index in [0.717, 1.165) is 16.5 Å². The van der Waals surface area contributed by atoms with Crippen LogP contribution in [0.15, 0.2) is 22.2 Å². The summed E-state index contributed by atoms with van der Waals surface area (Å²) in [6, 6.07) is 1.90. The summed E-state index contributed by atoms with van der Waals surface area (Å²) in [5.41, 5.74) is 2.31. The molecule has 3 nitrogen and oxygen atoms in total. The van der Waals surface area contributed by atoms with Crippen molar-refractivity contribution in [2.75, 3.05) is 21.3 Å². The van der Waals surface area contributed by atoms with Crippen molar-refractivity contribution in [3.8, 4) is 17.2 Å². The second-order valence-corrected chi connectivity index (χ2v) is 4.95. The predicted molar refractivity (Wildman–Crippen MR) is 76.9 cm³/mol. The van der Waals surface area contributed by atoms with Crippen molar-refractivity contribution in [1.29, 1.82) is 0 Å². The van der Waals surface area contributed by atoms with Gasteiger partial charge in [-0.25, -0.2) is 0 Å². The van der Waals surface area contributed by atoms with Gasteiger partial charge in [0.15, 0.2) is 11.5 Å². The van der Waals surface area contributed by atoms with Crippen LogP contribution in [0, 0.1) is 0 Å². The maximum Gasteiger partial charge on any atom is 0.203 e. The third-order valence-corrected chi connectivity index (χ3v) is 3.30. The van der Waals surface area contributed by atoms with E-state index in [-0.39, 0.29) is 0 Å². The van der Waals surface area contributed by atoms with E-state index in [9.17, 15) is 0 Å². The Morgan fingerprint density at radius 1 is 1.11 bits per heavy atom. The van der Waals surface area contributed by atoms with Crippen molar-refractivity contribution in [2.45, 2.75) is 20.3 Å². The van der Waals surface area contributed by atoms with E-state index in [0.29, 0.717) is 17.2 Å². The van der Waals surface area contributed by atoms with Gasteiger partial charge in [0.1, 0.15) is 0 Å². The van der Waals surface area contributed by atoms with Gasteiger partial charge in [0, 0.05) is 10.0 Å². The molecule has 0 saturated carbocycles. The Morgan fingerprint density at radius 3 is 2.17 bits per heavy atom. The highest BCUT2D eigenvalue weighted by Crippen LogP contribution is 2.44. The topological polar surface area (TPSA) is 27.7 Å². The Kier molecular flexibility index (Phi) is 5.54. The number of halogens is 1. The van der Waals surface area contributed by atoms with Crippen LogP contribution in [0.5, 0.6) is 17.2 Å². The normalized spacial score (nSPS) is 9.89. The molecule has 0 aliphatic rings. The van der Waals surface area contributed by atoms with E-state index in [1.54, 1.807) is 21.3 Å². The average molecular weight is 315 g/mol. The number of ether oxygens (including phenoxy) is 3. The van der Waals surface area contributed by atoms with Crippen molar-refractivity contribution >= 4 is 15.9 Å². The van der Waals surface area contributed by atoms with E-state index in [1.807, 2.05) is 6.07 Å². The molecule has 0 bridgehead atoms. The molecule has 0 spiro atoms. The quantitative estimate of drug-likeness (QED) is 0.769. The molecular formula is C14H19BrO3. The van der Waals surface area contributed by atoms with Crippen LogP contribution >= 0.6 is 15.9 Å². The first-order chi connectivity index (χ1) is 8.54. The lowest BCUT2D eigenvalue weighted by atomic mass is 10.1. The Labute approximate surface area is 117 Å². The van der Waals surface area contributed by atoms with Gasteiger partial charge in [-0.05, 0) is 26.3 Å². The van der Waals surface area contributed by atoms with Crippen LogP contribution in [0.1, 0.15) is 19.4 Å². The summed E-state index contributed by atoms with van der Waals surface area (Å²) in [7, 11) is 4.86. The van der Waals surface area contributed by atoms with Gasteiger partial charge in [0.05, 0.1) is 21.3 Å². The van der Waals surface area contributed by atoms with Crippen LogP contribution in [0.25, 0.3) is 0 Å². The van der Waals surface area contributed by atoms with Crippen LogP contribution in [0.3, 0.4) is 0 Å². The Balaban J connectivity index is 3.36. The second kappa shape index (κ2) is 6.69. The molecule has 1 aromatic carbocycles. The third-order valence-electron chi connectivity index (χ3n) is 2.59. The van der Waals surface area contributed by atoms with Gasteiger partial charge in [-0.15, -0.1) is 0 Å². The molecule has 0 heterocycles. The minimum absolute atomic E-state index is 0.625. The highest BCUT2D eigenvalue weighted by molar-refractivity contribution is 9.10. The van der Waals surface area contributed by atoms with Crippen LogP contribution in [-0.4, -0.2) is 21.3 Å². The lowest BCUT2D eigenvalue weighted by Gasteiger charge is -2.16. The summed E-state index contributed by atoms with van der Waals surface area (Å²) < 4.78 is 17.1. The fourth-order valence-corrected chi connectivity index (χ4v) is 2.23. The summed E-state index contributed by atoms with van der Waals surface area (Å²) in [5.74, 6) is 1.99. The molecule has 100 valence electrons. The molecule has 1 rings (SSSR count). The number of methoxy groups -OCH3 is 3. The Bertz CT molecular complexity index is 449. The molecule has 0 aromatic heterocycles. The van der Waals surface area contributed by atoms with Gasteiger partial charge in [-0.1, -0.05) is 27.6 Å². The van der Waals surface area contributed by atoms with Crippen molar-refractivity contribution in [2.24, 2.45) is 0 Å². The molecule has 4 heteroatoms. The molecular weight excluding hydrogens is 296 g/mol. The summed E-state index contributed by atoms with van der Waals surface area (Å²) in [6.07, 6.45) is 2.93. The zero-order valence-corrected chi connectivity index (χ0v) is 13.1. The highest BCUT2D eigenvalue weighted by Gasteiger charge is 2.18. The summed E-state index contributed by atoms with van der Waals surface area (Å²) in [5, 5.41) is 0. The molecule has 0 atom stereocenters. The SMILES string of the molecule is COc1cc(Br)c(CC=C(C)C)c(OC)c1OC. The number of hydrogen-bond acceptors (Lipinski definition) is 3. The number of benzene rings is 1. The highest BCUT2D eigenvalue weighted by atomic mass is 79.9. The fraction of sp³-hybridized carbons (Fsp3) is 0.429. The lowest BCUT2D eigenvalue weighted by Crippen LogP contribution is -1.99. The van der Waals surface area contributed by atoms with Crippen molar-refractivity contribution < 1.29 is 14.2 Å². The van der Waals surface area contributed by atoms with Crippen LogP contribution in [0.4, 0.5) is 0 Å². The van der Waals surface area contributed by atoms with E-state index in [2.05, 4.69) is 35.9 Å². The fourth-order valence-electron chi connectivity index (χ4n) is 1.68. The molecule has 0 fully saturated rings. The first kappa shape index (κ1) is 14.9. The van der Waals surface area contributed by atoms with Gasteiger partial charge in [-0.2, -0.15) is 0 Å². The van der Waals surface area contributed by atoms with E-state index >= 15 is 0 Å². The van der Waals surface area contributed by atoms with E-state index < -0.39 is 0 Å². The lowest BCUT2D eigenvalue weighted by molar-refractivity contribution is 0.322. The van der Waals surface area contributed by atoms with Crippen molar-refractivity contribution in [3.05, 3.63) is 27.8 Å². The van der Waals surface area contributed by atoms with Crippen molar-refractivity contribution in [3.63, 3.8) is 0 Å². The van der Waals surface area contributed by atoms with E-state index in [4.69, 9.17) is 14.2 Å². The maximum atomic E-state index is 5.46. The van der Waals surface area contributed by atoms with Crippen LogP contribution in [-0.2, 0) is 6.42 Å². The molecule has 0 unspecified atom stereocenters. The smallest absolute Gasteiger partial charge is 0.203 e. The Hall–Kier alpha value is -1.16. The van der Waals surface area contributed by atoms with Gasteiger partial charge in [-0.3, -0.25) is 0 Å². The molecule has 0 aliphatic carbocycles. The Morgan fingerprint density at radius 2 is 1.72 bits per heavy atom. The van der Waals surface area contributed by atoms with Gasteiger partial charge in [0.25, 0.3) is 0 Å². The number of allylic oxidation sites excluding steroid dienone is 2. The number of hydrogen-bond donors (Lipinski definition) is 0. The molecule has 0 N–H and O–H groups in total. The second-order valence-electron chi connectivity index (χ2n) is 4.09. The summed E-state index contributed by atoms with van der Waals surface area (Å²) >= 11 is 3.55. The minimum atomic E-state index is 0.625. The van der Waals surface area contributed by atoms with Gasteiger partial charge < -0.3 is 14.2 Å². The van der Waals surface area contributed by atoms with E-state index in [1.165, 1.54) is 5.57 Å². The van der Waals surface area contributed by atoms with Crippen LogP contribution in [0.2, 0.25) is 0 Å².